The summed E-state index contributed by atoms with van der Waals surface area (Å²) in [6.45, 7) is 4.28. The van der Waals surface area contributed by atoms with Gasteiger partial charge in [-0.3, -0.25) is 14.3 Å². The number of imidazole rings is 1. The summed E-state index contributed by atoms with van der Waals surface area (Å²) in [5.41, 5.74) is -0.167. The minimum Gasteiger partial charge on any atom is -0.379 e. The number of benzene rings is 2. The first-order valence-corrected chi connectivity index (χ1v) is 12.9. The van der Waals surface area contributed by atoms with E-state index in [1.165, 1.54) is 16.7 Å². The van der Waals surface area contributed by atoms with Crippen molar-refractivity contribution in [2.75, 3.05) is 39.4 Å². The molecule has 1 aromatic heterocycles. The molecule has 3 aromatic rings. The van der Waals surface area contributed by atoms with Crippen molar-refractivity contribution >= 4 is 42.9 Å². The lowest BCUT2D eigenvalue weighted by atomic mass is 10.3. The van der Waals surface area contributed by atoms with E-state index >= 15 is 0 Å². The van der Waals surface area contributed by atoms with Crippen molar-refractivity contribution < 1.29 is 17.9 Å². The molecule has 1 amide bonds. The molecule has 4 rings (SSSR count). The van der Waals surface area contributed by atoms with E-state index in [1.807, 2.05) is 0 Å². The third kappa shape index (κ3) is 5.21. The van der Waals surface area contributed by atoms with E-state index in [1.54, 1.807) is 36.4 Å². The lowest BCUT2D eigenvalue weighted by molar-refractivity contribution is -0.121. The van der Waals surface area contributed by atoms with E-state index in [4.69, 9.17) is 4.74 Å². The Morgan fingerprint density at radius 2 is 1.70 bits per heavy atom. The minimum atomic E-state index is -4.15. The van der Waals surface area contributed by atoms with Gasteiger partial charge in [-0.05, 0) is 49.4 Å². The molecule has 0 atom stereocenters. The van der Waals surface area contributed by atoms with Crippen LogP contribution in [0.1, 0.15) is 6.42 Å². The van der Waals surface area contributed by atoms with Crippen molar-refractivity contribution in [3.8, 4) is 0 Å². The number of nitrogens with one attached hydrogen (secondary N) is 1. The number of morpholine rings is 1. The summed E-state index contributed by atoms with van der Waals surface area (Å²) in [6, 6.07) is 12.6. The molecule has 11 heteroatoms. The fraction of sp³-hybridized carbons (Fsp3) is 0.364. The van der Waals surface area contributed by atoms with E-state index in [9.17, 15) is 18.0 Å². The summed E-state index contributed by atoms with van der Waals surface area (Å²) in [7, 11) is -4.15. The maximum Gasteiger partial charge on any atom is 0.343 e. The van der Waals surface area contributed by atoms with Crippen LogP contribution in [0.25, 0.3) is 11.0 Å². The molecule has 9 nitrogen and oxygen atoms in total. The van der Waals surface area contributed by atoms with Crippen LogP contribution < -0.4 is 11.0 Å². The zero-order valence-electron chi connectivity index (χ0n) is 17.9. The number of aromatic nitrogens is 2. The summed E-state index contributed by atoms with van der Waals surface area (Å²) < 4.78 is 34.5. The third-order valence-corrected chi connectivity index (χ3v) is 7.76. The number of hydrogen-bond donors (Lipinski definition) is 1. The summed E-state index contributed by atoms with van der Waals surface area (Å²) in [5, 5.41) is 2.83. The standard InChI is InChI=1S/C22H25BrN4O5S/c23-17-6-8-18(9-7-17)33(30,31)27-20-5-2-1-4-19(20)26(22(27)29)16-21(28)24-10-3-11-25-12-14-32-15-13-25/h1-2,4-9H,3,10-16H2,(H,24,28). The van der Waals surface area contributed by atoms with Gasteiger partial charge in [0.25, 0.3) is 10.0 Å². The van der Waals surface area contributed by atoms with Gasteiger partial charge in [0.15, 0.2) is 0 Å². The Bertz CT molecular complexity index is 1290. The topological polar surface area (TPSA) is 103 Å². The number of rotatable bonds is 8. The van der Waals surface area contributed by atoms with Gasteiger partial charge in [0.1, 0.15) is 6.54 Å². The maximum atomic E-state index is 13.3. The monoisotopic (exact) mass is 536 g/mol. The van der Waals surface area contributed by atoms with Crippen molar-refractivity contribution in [2.24, 2.45) is 0 Å². The minimum absolute atomic E-state index is 0.0109. The van der Waals surface area contributed by atoms with Crippen molar-refractivity contribution in [3.63, 3.8) is 0 Å². The molecule has 0 saturated carbocycles. The van der Waals surface area contributed by atoms with Crippen molar-refractivity contribution in [1.29, 1.82) is 0 Å². The van der Waals surface area contributed by atoms with Crippen molar-refractivity contribution in [2.45, 2.75) is 17.9 Å². The van der Waals surface area contributed by atoms with Gasteiger partial charge in [0.2, 0.25) is 5.91 Å². The SMILES string of the molecule is O=C(Cn1c(=O)n(S(=O)(=O)c2ccc(Br)cc2)c2ccccc21)NCCCN1CCOCC1. The molecule has 1 aliphatic heterocycles. The maximum absolute atomic E-state index is 13.3. The number of ether oxygens (including phenoxy) is 1. The van der Waals surface area contributed by atoms with Crippen LogP contribution in [0.5, 0.6) is 0 Å². The summed E-state index contributed by atoms with van der Waals surface area (Å²) in [4.78, 5) is 28.0. The van der Waals surface area contributed by atoms with Crippen molar-refractivity contribution in [1.82, 2.24) is 18.8 Å². The first kappa shape index (κ1) is 23.7. The second-order valence-corrected chi connectivity index (χ2v) is 10.4. The second-order valence-electron chi connectivity index (χ2n) is 7.74. The van der Waals surface area contributed by atoms with Gasteiger partial charge in [-0.2, -0.15) is 3.97 Å². The van der Waals surface area contributed by atoms with Crippen LogP contribution in [0.15, 0.2) is 62.7 Å². The largest absolute Gasteiger partial charge is 0.379 e. The van der Waals surface area contributed by atoms with Gasteiger partial charge in [0, 0.05) is 24.1 Å². The lowest BCUT2D eigenvalue weighted by Gasteiger charge is -2.26. The summed E-state index contributed by atoms with van der Waals surface area (Å²) >= 11 is 3.28. The number of amides is 1. The average molecular weight is 537 g/mol. The van der Waals surface area contributed by atoms with Crippen LogP contribution in [-0.4, -0.2) is 67.2 Å². The number of hydrogen-bond acceptors (Lipinski definition) is 6. The van der Waals surface area contributed by atoms with Crippen LogP contribution in [0.4, 0.5) is 0 Å². The molecule has 0 spiro atoms. The Balaban J connectivity index is 1.53. The predicted molar refractivity (Wildman–Crippen MR) is 128 cm³/mol. The van der Waals surface area contributed by atoms with Crippen LogP contribution in [-0.2, 0) is 26.1 Å². The molecule has 2 heterocycles. The first-order valence-electron chi connectivity index (χ1n) is 10.7. The fourth-order valence-corrected chi connectivity index (χ4v) is 5.50. The molecule has 1 fully saturated rings. The molecule has 0 unspecified atom stereocenters. The molecular formula is C22H25BrN4O5S. The van der Waals surface area contributed by atoms with Crippen LogP contribution in [0.2, 0.25) is 0 Å². The van der Waals surface area contributed by atoms with Gasteiger partial charge in [-0.1, -0.05) is 28.1 Å². The number of halogens is 1. The molecule has 2 aromatic carbocycles. The van der Waals surface area contributed by atoms with Gasteiger partial charge < -0.3 is 10.1 Å². The highest BCUT2D eigenvalue weighted by Gasteiger charge is 2.26. The molecule has 0 aliphatic carbocycles. The van der Waals surface area contributed by atoms with E-state index in [0.29, 0.717) is 12.1 Å². The van der Waals surface area contributed by atoms with Gasteiger partial charge in [0.05, 0.1) is 29.1 Å². The molecule has 0 radical (unpaired) electrons. The normalized spacial score (nSPS) is 15.1. The molecule has 1 saturated heterocycles. The van der Waals surface area contributed by atoms with E-state index < -0.39 is 15.7 Å². The van der Waals surface area contributed by atoms with Crippen LogP contribution in [0.3, 0.4) is 0 Å². The van der Waals surface area contributed by atoms with Gasteiger partial charge >= 0.3 is 5.69 Å². The van der Waals surface area contributed by atoms with E-state index in [0.717, 1.165) is 47.7 Å². The van der Waals surface area contributed by atoms with E-state index in [-0.39, 0.29) is 22.9 Å². The van der Waals surface area contributed by atoms with Crippen LogP contribution >= 0.6 is 15.9 Å². The fourth-order valence-electron chi connectivity index (χ4n) is 3.83. The Morgan fingerprint density at radius 1 is 1.03 bits per heavy atom. The Labute approximate surface area is 200 Å². The van der Waals surface area contributed by atoms with E-state index in [2.05, 4.69) is 26.1 Å². The van der Waals surface area contributed by atoms with Crippen LogP contribution in [0, 0.1) is 0 Å². The molecule has 0 bridgehead atoms. The molecule has 1 N–H and O–H groups in total. The number of nitrogens with zero attached hydrogens (tertiary/aromatic N) is 3. The average Bonchev–Trinajstić information content (AvgIpc) is 3.09. The molecule has 1 aliphatic rings. The number of para-hydroxylation sites is 2. The number of fused-ring (bicyclic) bond motifs is 1. The Hall–Kier alpha value is -2.47. The highest BCUT2D eigenvalue weighted by Crippen LogP contribution is 2.21. The Morgan fingerprint density at radius 3 is 2.39 bits per heavy atom. The molecule has 176 valence electrons. The first-order chi connectivity index (χ1) is 15.9. The number of carbonyl (C=O) groups is 1. The second kappa shape index (κ2) is 10.2. The zero-order chi connectivity index (χ0) is 23.4. The number of carbonyl (C=O) groups excluding carboxylic acids is 1. The van der Waals surface area contributed by atoms with Gasteiger partial charge in [-0.25, -0.2) is 13.2 Å². The molecule has 33 heavy (non-hydrogen) atoms. The third-order valence-electron chi connectivity index (χ3n) is 5.53. The quantitative estimate of drug-likeness (QED) is 0.439. The smallest absolute Gasteiger partial charge is 0.343 e. The lowest BCUT2D eigenvalue weighted by Crippen LogP contribution is -2.39. The predicted octanol–water partition coefficient (Wildman–Crippen LogP) is 1.64. The summed E-state index contributed by atoms with van der Waals surface area (Å²) in [5.74, 6) is -0.344. The highest BCUT2D eigenvalue weighted by molar-refractivity contribution is 9.10. The Kier molecular flexibility index (Phi) is 7.32. The highest BCUT2D eigenvalue weighted by atomic mass is 79.9. The summed E-state index contributed by atoms with van der Waals surface area (Å²) in [6.07, 6.45) is 0.778. The molecular weight excluding hydrogens is 512 g/mol. The van der Waals surface area contributed by atoms with Gasteiger partial charge in [-0.15, -0.1) is 0 Å². The van der Waals surface area contributed by atoms with Crippen molar-refractivity contribution in [3.05, 3.63) is 63.5 Å². The zero-order valence-corrected chi connectivity index (χ0v) is 20.3.